The lowest BCUT2D eigenvalue weighted by Crippen LogP contribution is -2.33. The van der Waals surface area contributed by atoms with Crippen molar-refractivity contribution >= 4 is 35.0 Å². The van der Waals surface area contributed by atoms with Crippen molar-refractivity contribution in [3.8, 4) is 0 Å². The fourth-order valence-electron chi connectivity index (χ4n) is 2.23. The van der Waals surface area contributed by atoms with E-state index in [9.17, 15) is 4.79 Å². The van der Waals surface area contributed by atoms with Gasteiger partial charge in [0.05, 0.1) is 5.56 Å². The van der Waals surface area contributed by atoms with Gasteiger partial charge in [0, 0.05) is 36.1 Å². The molecule has 0 aliphatic carbocycles. The summed E-state index contributed by atoms with van der Waals surface area (Å²) in [5.74, 6) is 2.25. The second kappa shape index (κ2) is 7.79. The van der Waals surface area contributed by atoms with Crippen molar-refractivity contribution in [2.24, 2.45) is 0 Å². The molecule has 1 saturated heterocycles. The highest BCUT2D eigenvalue weighted by Gasteiger charge is 2.20. The molecule has 0 saturated carbocycles. The topological polar surface area (TPSA) is 32.3 Å². The van der Waals surface area contributed by atoms with Crippen molar-refractivity contribution in [1.82, 2.24) is 4.90 Å². The van der Waals surface area contributed by atoms with Crippen LogP contribution in [0.3, 0.4) is 0 Å². The van der Waals surface area contributed by atoms with E-state index in [2.05, 4.69) is 12.2 Å². The van der Waals surface area contributed by atoms with Gasteiger partial charge >= 0.3 is 0 Å². The van der Waals surface area contributed by atoms with Gasteiger partial charge in [0.25, 0.3) is 5.91 Å². The number of benzene rings is 1. The van der Waals surface area contributed by atoms with Gasteiger partial charge in [-0.1, -0.05) is 18.5 Å². The fraction of sp³-hybridized carbons (Fsp3) is 0.533. The van der Waals surface area contributed by atoms with Crippen LogP contribution in [-0.4, -0.2) is 41.9 Å². The third kappa shape index (κ3) is 4.06. The number of amides is 1. The van der Waals surface area contributed by atoms with Crippen molar-refractivity contribution in [3.05, 3.63) is 28.8 Å². The van der Waals surface area contributed by atoms with E-state index < -0.39 is 0 Å². The van der Waals surface area contributed by atoms with Crippen LogP contribution in [0.5, 0.6) is 0 Å². The number of anilines is 1. The van der Waals surface area contributed by atoms with Crippen molar-refractivity contribution in [1.29, 1.82) is 0 Å². The zero-order chi connectivity index (χ0) is 14.4. The number of nitrogens with one attached hydrogen (secondary N) is 1. The molecule has 0 aromatic heterocycles. The lowest BCUT2D eigenvalue weighted by atomic mass is 10.1. The zero-order valence-corrected chi connectivity index (χ0v) is 13.4. The molecule has 1 N–H and O–H groups in total. The van der Waals surface area contributed by atoms with Crippen LogP contribution in [0.4, 0.5) is 5.69 Å². The Kier molecular flexibility index (Phi) is 6.05. The van der Waals surface area contributed by atoms with Crippen LogP contribution in [-0.2, 0) is 0 Å². The summed E-state index contributed by atoms with van der Waals surface area (Å²) in [5, 5.41) is 3.93. The number of carbonyl (C=O) groups is 1. The van der Waals surface area contributed by atoms with E-state index in [-0.39, 0.29) is 5.91 Å². The second-order valence-electron chi connectivity index (χ2n) is 4.87. The minimum Gasteiger partial charge on any atom is -0.384 e. The molecule has 0 spiro atoms. The number of thioether (sulfide) groups is 1. The summed E-state index contributed by atoms with van der Waals surface area (Å²) in [6, 6.07) is 5.51. The van der Waals surface area contributed by atoms with Gasteiger partial charge in [0.1, 0.15) is 0 Å². The maximum absolute atomic E-state index is 12.7. The molecule has 1 aromatic rings. The van der Waals surface area contributed by atoms with Gasteiger partial charge in [-0.15, -0.1) is 0 Å². The average molecular weight is 313 g/mol. The molecule has 0 radical (unpaired) electrons. The number of carbonyl (C=O) groups excluding carboxylic acids is 1. The van der Waals surface area contributed by atoms with Crippen molar-refractivity contribution in [3.63, 3.8) is 0 Å². The standard InChI is InChI=1S/C15H21ClN2OS/c1-2-6-17-14-5-4-12(16)11-13(14)15(19)18-7-3-9-20-10-8-18/h4-5,11,17H,2-3,6-10H2,1H3. The Morgan fingerprint density at radius 3 is 3.05 bits per heavy atom. The SMILES string of the molecule is CCCNc1ccc(Cl)cc1C(=O)N1CCCSCC1. The van der Waals surface area contributed by atoms with Crippen LogP contribution in [0.25, 0.3) is 0 Å². The van der Waals surface area contributed by atoms with E-state index >= 15 is 0 Å². The van der Waals surface area contributed by atoms with E-state index in [0.29, 0.717) is 10.6 Å². The highest BCUT2D eigenvalue weighted by Crippen LogP contribution is 2.23. The van der Waals surface area contributed by atoms with Gasteiger partial charge in [0.15, 0.2) is 0 Å². The summed E-state index contributed by atoms with van der Waals surface area (Å²) < 4.78 is 0. The predicted molar refractivity (Wildman–Crippen MR) is 88.1 cm³/mol. The Bertz CT molecular complexity index is 459. The van der Waals surface area contributed by atoms with E-state index in [1.165, 1.54) is 0 Å². The molecule has 0 unspecified atom stereocenters. The molecular weight excluding hydrogens is 292 g/mol. The quantitative estimate of drug-likeness (QED) is 0.919. The summed E-state index contributed by atoms with van der Waals surface area (Å²) >= 11 is 7.98. The molecule has 1 amide bonds. The maximum atomic E-state index is 12.7. The summed E-state index contributed by atoms with van der Waals surface area (Å²) in [7, 11) is 0. The molecule has 20 heavy (non-hydrogen) atoms. The number of rotatable bonds is 4. The van der Waals surface area contributed by atoms with Crippen LogP contribution in [0.2, 0.25) is 5.02 Å². The Hall–Kier alpha value is -0.870. The van der Waals surface area contributed by atoms with Gasteiger partial charge in [-0.25, -0.2) is 0 Å². The predicted octanol–water partition coefficient (Wildman–Crippen LogP) is 3.74. The van der Waals surface area contributed by atoms with Crippen LogP contribution >= 0.6 is 23.4 Å². The molecule has 3 nitrogen and oxygen atoms in total. The Labute approximate surface area is 130 Å². The molecule has 1 aliphatic rings. The molecule has 0 bridgehead atoms. The number of halogens is 1. The summed E-state index contributed by atoms with van der Waals surface area (Å²) in [6.45, 7) is 4.63. The number of hydrogen-bond donors (Lipinski definition) is 1. The van der Waals surface area contributed by atoms with Crippen LogP contribution in [0.15, 0.2) is 18.2 Å². The van der Waals surface area contributed by atoms with Crippen LogP contribution in [0, 0.1) is 0 Å². The van der Waals surface area contributed by atoms with Crippen molar-refractivity contribution in [2.75, 3.05) is 36.5 Å². The van der Waals surface area contributed by atoms with Crippen LogP contribution < -0.4 is 5.32 Å². The van der Waals surface area contributed by atoms with Gasteiger partial charge in [-0.3, -0.25) is 4.79 Å². The molecule has 1 heterocycles. The van der Waals surface area contributed by atoms with Crippen molar-refractivity contribution < 1.29 is 4.79 Å². The van der Waals surface area contributed by atoms with E-state index in [1.807, 2.05) is 28.8 Å². The minimum absolute atomic E-state index is 0.0913. The first kappa shape index (κ1) is 15.5. The zero-order valence-electron chi connectivity index (χ0n) is 11.8. The first-order valence-corrected chi connectivity index (χ1v) is 8.66. The summed E-state index contributed by atoms with van der Waals surface area (Å²) in [6.07, 6.45) is 2.09. The maximum Gasteiger partial charge on any atom is 0.256 e. The van der Waals surface area contributed by atoms with Gasteiger partial charge in [-0.2, -0.15) is 11.8 Å². The Morgan fingerprint density at radius 2 is 2.25 bits per heavy atom. The Morgan fingerprint density at radius 1 is 1.40 bits per heavy atom. The van der Waals surface area contributed by atoms with E-state index in [4.69, 9.17) is 11.6 Å². The lowest BCUT2D eigenvalue weighted by Gasteiger charge is -2.22. The third-order valence-electron chi connectivity index (χ3n) is 3.29. The average Bonchev–Trinajstić information content (AvgIpc) is 2.74. The van der Waals surface area contributed by atoms with E-state index in [1.54, 1.807) is 6.07 Å². The summed E-state index contributed by atoms with van der Waals surface area (Å²) in [5.41, 5.74) is 1.58. The fourth-order valence-corrected chi connectivity index (χ4v) is 3.29. The minimum atomic E-state index is 0.0913. The first-order valence-electron chi connectivity index (χ1n) is 7.13. The molecule has 1 fully saturated rings. The molecule has 5 heteroatoms. The highest BCUT2D eigenvalue weighted by molar-refractivity contribution is 7.99. The first-order chi connectivity index (χ1) is 9.72. The van der Waals surface area contributed by atoms with Gasteiger partial charge in [0.2, 0.25) is 0 Å². The number of hydrogen-bond acceptors (Lipinski definition) is 3. The largest absolute Gasteiger partial charge is 0.384 e. The molecule has 110 valence electrons. The third-order valence-corrected chi connectivity index (χ3v) is 4.57. The van der Waals surface area contributed by atoms with Crippen molar-refractivity contribution in [2.45, 2.75) is 19.8 Å². The summed E-state index contributed by atoms with van der Waals surface area (Å²) in [4.78, 5) is 14.7. The molecule has 1 aliphatic heterocycles. The highest BCUT2D eigenvalue weighted by atomic mass is 35.5. The normalized spacial score (nSPS) is 15.8. The molecular formula is C15H21ClN2OS. The Balaban J connectivity index is 2.20. The monoisotopic (exact) mass is 312 g/mol. The van der Waals surface area contributed by atoms with Gasteiger partial charge < -0.3 is 10.2 Å². The lowest BCUT2D eigenvalue weighted by molar-refractivity contribution is 0.0769. The molecule has 0 atom stereocenters. The molecule has 2 rings (SSSR count). The second-order valence-corrected chi connectivity index (χ2v) is 6.54. The van der Waals surface area contributed by atoms with E-state index in [0.717, 1.165) is 49.7 Å². The molecule has 1 aromatic carbocycles. The van der Waals surface area contributed by atoms with Gasteiger partial charge in [-0.05, 0) is 36.8 Å². The smallest absolute Gasteiger partial charge is 0.256 e. The van der Waals surface area contributed by atoms with Crippen LogP contribution in [0.1, 0.15) is 30.1 Å². The number of nitrogens with zero attached hydrogens (tertiary/aromatic N) is 1.